The summed E-state index contributed by atoms with van der Waals surface area (Å²) in [5, 5.41) is 3.02. The Balaban J connectivity index is 1.59. The molecule has 0 unspecified atom stereocenters. The molecule has 5 rings (SSSR count). The molecule has 1 saturated carbocycles. The molecule has 2 aromatic carbocycles. The van der Waals surface area contributed by atoms with Crippen LogP contribution in [0.25, 0.3) is 0 Å². The molecular weight excluding hydrogens is 392 g/mol. The normalized spacial score (nSPS) is 20.3. The average Bonchev–Trinajstić information content (AvgIpc) is 3.51. The summed E-state index contributed by atoms with van der Waals surface area (Å²) in [6, 6.07) is 18.5. The molecule has 3 aromatic rings. The van der Waals surface area contributed by atoms with Crippen LogP contribution >= 0.6 is 0 Å². The Morgan fingerprint density at radius 2 is 1.97 bits per heavy atom. The lowest BCUT2D eigenvalue weighted by Crippen LogP contribution is -2.48. The summed E-state index contributed by atoms with van der Waals surface area (Å²) in [4.78, 5) is 29.0. The number of fused-ring (bicyclic) bond motifs is 1. The van der Waals surface area contributed by atoms with Gasteiger partial charge in [0.25, 0.3) is 5.91 Å². The second kappa shape index (κ2) is 7.95. The third kappa shape index (κ3) is 3.58. The van der Waals surface area contributed by atoms with Crippen LogP contribution in [0.4, 0.5) is 0 Å². The van der Waals surface area contributed by atoms with Gasteiger partial charge in [-0.1, -0.05) is 30.3 Å². The Morgan fingerprint density at radius 3 is 2.71 bits per heavy atom. The highest BCUT2D eigenvalue weighted by atomic mass is 16.5. The summed E-state index contributed by atoms with van der Waals surface area (Å²) >= 11 is 0. The van der Waals surface area contributed by atoms with Gasteiger partial charge >= 0.3 is 0 Å². The number of benzene rings is 2. The molecular formula is C25H24N2O4. The van der Waals surface area contributed by atoms with Crippen molar-refractivity contribution in [3.8, 4) is 5.75 Å². The van der Waals surface area contributed by atoms with Crippen molar-refractivity contribution in [2.45, 2.75) is 37.4 Å². The van der Waals surface area contributed by atoms with Crippen LogP contribution in [0, 0.1) is 0 Å². The first-order valence-electron chi connectivity index (χ1n) is 10.5. The lowest BCUT2D eigenvalue weighted by Gasteiger charge is -2.42. The van der Waals surface area contributed by atoms with Crippen LogP contribution in [0.5, 0.6) is 5.75 Å². The highest BCUT2D eigenvalue weighted by Gasteiger charge is 2.49. The molecule has 1 aromatic heterocycles. The first kappa shape index (κ1) is 19.4. The van der Waals surface area contributed by atoms with Crippen molar-refractivity contribution in [3.63, 3.8) is 0 Å². The molecule has 1 fully saturated rings. The number of ether oxygens (including phenoxy) is 1. The van der Waals surface area contributed by atoms with Crippen molar-refractivity contribution >= 4 is 11.8 Å². The van der Waals surface area contributed by atoms with Gasteiger partial charge in [-0.05, 0) is 54.3 Å². The first-order chi connectivity index (χ1) is 15.2. The Hall–Kier alpha value is -3.54. The molecule has 2 aliphatic rings. The molecule has 1 aliphatic heterocycles. The minimum atomic E-state index is -0.531. The van der Waals surface area contributed by atoms with Crippen LogP contribution in [0.15, 0.2) is 71.3 Å². The maximum atomic E-state index is 13.6. The Morgan fingerprint density at radius 1 is 1.13 bits per heavy atom. The van der Waals surface area contributed by atoms with Crippen molar-refractivity contribution in [2.24, 2.45) is 0 Å². The van der Waals surface area contributed by atoms with Crippen LogP contribution in [0.1, 0.15) is 52.0 Å². The smallest absolute Gasteiger partial charge is 0.254 e. The van der Waals surface area contributed by atoms with Gasteiger partial charge < -0.3 is 19.4 Å². The van der Waals surface area contributed by atoms with Crippen LogP contribution < -0.4 is 10.1 Å². The summed E-state index contributed by atoms with van der Waals surface area (Å²) in [7, 11) is 1.62. The predicted molar refractivity (Wildman–Crippen MR) is 115 cm³/mol. The highest BCUT2D eigenvalue weighted by Crippen LogP contribution is 2.48. The Labute approximate surface area is 180 Å². The number of furan rings is 1. The molecule has 1 N–H and O–H groups in total. The molecule has 0 bridgehead atoms. The zero-order valence-corrected chi connectivity index (χ0v) is 17.3. The number of carbonyl (C=O) groups excluding carboxylic acids is 2. The van der Waals surface area contributed by atoms with Gasteiger partial charge in [0.05, 0.1) is 31.9 Å². The van der Waals surface area contributed by atoms with Crippen LogP contribution in [0.2, 0.25) is 0 Å². The monoisotopic (exact) mass is 416 g/mol. The molecule has 0 saturated heterocycles. The number of hydrogen-bond donors (Lipinski definition) is 1. The number of carbonyl (C=O) groups is 2. The largest absolute Gasteiger partial charge is 0.497 e. The van der Waals surface area contributed by atoms with Crippen molar-refractivity contribution in [3.05, 3.63) is 89.4 Å². The molecule has 158 valence electrons. The fraction of sp³-hybridized carbons (Fsp3) is 0.280. The van der Waals surface area contributed by atoms with E-state index in [-0.39, 0.29) is 17.9 Å². The average molecular weight is 416 g/mol. The molecule has 0 radical (unpaired) electrons. The molecule has 31 heavy (non-hydrogen) atoms. The number of rotatable bonds is 6. The van der Waals surface area contributed by atoms with Crippen LogP contribution in [0.3, 0.4) is 0 Å². The number of hydrogen-bond acceptors (Lipinski definition) is 4. The van der Waals surface area contributed by atoms with E-state index in [0.29, 0.717) is 23.6 Å². The van der Waals surface area contributed by atoms with E-state index in [9.17, 15) is 9.59 Å². The van der Waals surface area contributed by atoms with E-state index in [1.54, 1.807) is 19.4 Å². The third-order valence-electron chi connectivity index (χ3n) is 6.05. The maximum Gasteiger partial charge on any atom is 0.254 e. The van der Waals surface area contributed by atoms with Gasteiger partial charge in [0, 0.05) is 11.6 Å². The molecule has 2 amide bonds. The van der Waals surface area contributed by atoms with E-state index in [4.69, 9.17) is 9.15 Å². The van der Waals surface area contributed by atoms with E-state index in [1.807, 2.05) is 59.5 Å². The van der Waals surface area contributed by atoms with Gasteiger partial charge in [0.15, 0.2) is 0 Å². The van der Waals surface area contributed by atoms with Crippen molar-refractivity contribution in [1.29, 1.82) is 0 Å². The lowest BCUT2D eigenvalue weighted by molar-refractivity contribution is -0.124. The molecule has 6 nitrogen and oxygen atoms in total. The van der Waals surface area contributed by atoms with Crippen LogP contribution in [-0.2, 0) is 11.3 Å². The highest BCUT2D eigenvalue weighted by molar-refractivity contribution is 6.01. The molecule has 1 aliphatic carbocycles. The van der Waals surface area contributed by atoms with Gasteiger partial charge in [-0.25, -0.2) is 0 Å². The maximum absolute atomic E-state index is 13.6. The van der Waals surface area contributed by atoms with E-state index in [2.05, 4.69) is 5.32 Å². The summed E-state index contributed by atoms with van der Waals surface area (Å²) in [5.74, 6) is 0.715. The Kier molecular flexibility index (Phi) is 4.98. The van der Waals surface area contributed by atoms with Gasteiger partial charge in [-0.3, -0.25) is 9.59 Å². The van der Waals surface area contributed by atoms with Crippen LogP contribution in [-0.4, -0.2) is 29.9 Å². The van der Waals surface area contributed by atoms with Crippen molar-refractivity contribution in [1.82, 2.24) is 10.2 Å². The zero-order chi connectivity index (χ0) is 21.4. The molecule has 2 heterocycles. The predicted octanol–water partition coefficient (Wildman–Crippen LogP) is 4.05. The fourth-order valence-corrected chi connectivity index (χ4v) is 4.47. The van der Waals surface area contributed by atoms with Crippen molar-refractivity contribution < 1.29 is 18.7 Å². The van der Waals surface area contributed by atoms with Gasteiger partial charge in [-0.2, -0.15) is 0 Å². The topological polar surface area (TPSA) is 71.8 Å². The van der Waals surface area contributed by atoms with E-state index in [1.165, 1.54) is 0 Å². The SMILES string of the molecule is COc1cccc([C@@H]2[C@@H](C(=O)NCc3ccco3)c3ccccc3C(=O)N2C2CC2)c1. The zero-order valence-electron chi connectivity index (χ0n) is 17.3. The quantitative estimate of drug-likeness (QED) is 0.658. The summed E-state index contributed by atoms with van der Waals surface area (Å²) < 4.78 is 10.8. The molecule has 6 heteroatoms. The number of nitrogens with zero attached hydrogens (tertiary/aromatic N) is 1. The third-order valence-corrected chi connectivity index (χ3v) is 6.05. The van der Waals surface area contributed by atoms with Gasteiger partial charge in [-0.15, -0.1) is 0 Å². The number of methoxy groups -OCH3 is 1. The number of nitrogens with one attached hydrogen (secondary N) is 1. The van der Waals surface area contributed by atoms with Crippen molar-refractivity contribution in [2.75, 3.05) is 7.11 Å². The second-order valence-corrected chi connectivity index (χ2v) is 8.03. The minimum absolute atomic E-state index is 0.0130. The molecule has 0 spiro atoms. The summed E-state index contributed by atoms with van der Waals surface area (Å²) in [6.45, 7) is 0.298. The van der Waals surface area contributed by atoms with E-state index in [0.717, 1.165) is 24.0 Å². The van der Waals surface area contributed by atoms with E-state index < -0.39 is 12.0 Å². The fourth-order valence-electron chi connectivity index (χ4n) is 4.47. The first-order valence-corrected chi connectivity index (χ1v) is 10.5. The standard InChI is InChI=1S/C25H24N2O4/c1-30-18-7-4-6-16(14-18)23-22(24(28)26-15-19-8-5-13-31-19)20-9-2-3-10-21(20)25(29)27(23)17-11-12-17/h2-10,13-14,17,22-23H,11-12,15H2,1H3,(H,26,28)/t22-,23+/m0/s1. The molecule has 2 atom stereocenters. The van der Waals surface area contributed by atoms with Gasteiger partial charge in [0.2, 0.25) is 5.91 Å². The Bertz CT molecular complexity index is 1100. The summed E-state index contributed by atoms with van der Waals surface area (Å²) in [6.07, 6.45) is 3.49. The minimum Gasteiger partial charge on any atom is -0.497 e. The summed E-state index contributed by atoms with van der Waals surface area (Å²) in [5.41, 5.74) is 2.26. The van der Waals surface area contributed by atoms with Gasteiger partial charge in [0.1, 0.15) is 11.5 Å². The lowest BCUT2D eigenvalue weighted by atomic mass is 9.79. The second-order valence-electron chi connectivity index (χ2n) is 8.03. The number of amides is 2. The van der Waals surface area contributed by atoms with E-state index >= 15 is 0 Å².